The molecule has 1 aromatic rings. The van der Waals surface area contributed by atoms with Crippen LogP contribution in [0.1, 0.15) is 11.5 Å². The van der Waals surface area contributed by atoms with Gasteiger partial charge in [0.25, 0.3) is 0 Å². The van der Waals surface area contributed by atoms with E-state index in [-0.39, 0.29) is 6.54 Å². The van der Waals surface area contributed by atoms with Crippen molar-refractivity contribution in [1.82, 2.24) is 0 Å². The van der Waals surface area contributed by atoms with E-state index in [0.717, 1.165) is 0 Å². The Labute approximate surface area is 94.4 Å². The summed E-state index contributed by atoms with van der Waals surface area (Å²) in [7, 11) is 0. The van der Waals surface area contributed by atoms with Gasteiger partial charge in [0.1, 0.15) is 0 Å². The fourth-order valence-electron chi connectivity index (χ4n) is 1.21. The molecule has 0 radical (unpaired) electrons. The summed E-state index contributed by atoms with van der Waals surface area (Å²) in [4.78, 5) is 0. The smallest absolute Gasteiger partial charge is 0.246 e. The topological polar surface area (TPSA) is 26.0 Å². The third-order valence-electron chi connectivity index (χ3n) is 1.93. The first-order valence-corrected chi connectivity index (χ1v) is 5.17. The minimum Gasteiger partial charge on any atom is -0.330 e. The largest absolute Gasteiger partial charge is 0.330 e. The maximum atomic E-state index is 12.6. The van der Waals surface area contributed by atoms with Crippen molar-refractivity contribution < 1.29 is 8.78 Å². The van der Waals surface area contributed by atoms with Crippen molar-refractivity contribution in [1.29, 1.82) is 0 Å². The number of nitrogens with two attached hydrogens (primary N) is 1. The van der Waals surface area contributed by atoms with Crippen LogP contribution in [0, 0.1) is 0 Å². The van der Waals surface area contributed by atoms with Crippen molar-refractivity contribution in [3.63, 3.8) is 0 Å². The van der Waals surface area contributed by atoms with Crippen LogP contribution in [-0.2, 0) is 0 Å². The minimum atomic E-state index is -2.50. The molecule has 5 heteroatoms. The molecule has 14 heavy (non-hydrogen) atoms. The van der Waals surface area contributed by atoms with Gasteiger partial charge in [0, 0.05) is 16.0 Å². The fourth-order valence-corrected chi connectivity index (χ4v) is 2.30. The molecule has 0 heterocycles. The van der Waals surface area contributed by atoms with E-state index >= 15 is 0 Å². The van der Waals surface area contributed by atoms with Crippen LogP contribution in [0.25, 0.3) is 0 Å². The monoisotopic (exact) mass is 283 g/mol. The minimum absolute atomic E-state index is 0.125. The standard InChI is InChI=1S/C9H9BrClF2N/c10-6-2-1-3-7(11)8(6)5(4-14)9(12)13/h1-3,5,9H,4,14H2. The first-order valence-electron chi connectivity index (χ1n) is 4.00. The Balaban J connectivity index is 3.15. The maximum absolute atomic E-state index is 12.6. The average molecular weight is 285 g/mol. The number of halogens is 4. The summed E-state index contributed by atoms with van der Waals surface area (Å²) in [5, 5.41) is 0.315. The number of hydrogen-bond acceptors (Lipinski definition) is 1. The molecule has 0 saturated heterocycles. The van der Waals surface area contributed by atoms with Gasteiger partial charge in [0.05, 0.1) is 5.92 Å². The molecule has 78 valence electrons. The predicted octanol–water partition coefficient (Wildman–Crippen LogP) is 3.41. The molecular formula is C9H9BrClF2N. The molecule has 0 amide bonds. The summed E-state index contributed by atoms with van der Waals surface area (Å²) < 4.78 is 25.7. The lowest BCUT2D eigenvalue weighted by atomic mass is 10.00. The van der Waals surface area contributed by atoms with E-state index in [1.54, 1.807) is 18.2 Å². The highest BCUT2D eigenvalue weighted by molar-refractivity contribution is 9.10. The molecule has 1 aromatic carbocycles. The Morgan fingerprint density at radius 3 is 2.50 bits per heavy atom. The van der Waals surface area contributed by atoms with Gasteiger partial charge in [-0.1, -0.05) is 33.6 Å². The van der Waals surface area contributed by atoms with E-state index in [1.165, 1.54) is 0 Å². The predicted molar refractivity (Wildman–Crippen MR) is 57.0 cm³/mol. The summed E-state index contributed by atoms with van der Waals surface area (Å²) in [5.74, 6) is -1.02. The molecule has 0 aliphatic heterocycles. The first kappa shape index (κ1) is 11.9. The van der Waals surface area contributed by atoms with E-state index < -0.39 is 12.3 Å². The van der Waals surface area contributed by atoms with Gasteiger partial charge in [-0.3, -0.25) is 0 Å². The molecule has 0 fully saturated rings. The number of hydrogen-bond donors (Lipinski definition) is 1. The van der Waals surface area contributed by atoms with Crippen molar-refractivity contribution in [2.45, 2.75) is 12.3 Å². The van der Waals surface area contributed by atoms with Gasteiger partial charge in [0.15, 0.2) is 0 Å². The normalized spacial score (nSPS) is 13.3. The van der Waals surface area contributed by atoms with Gasteiger partial charge < -0.3 is 5.73 Å². The van der Waals surface area contributed by atoms with E-state index in [9.17, 15) is 8.78 Å². The SMILES string of the molecule is NCC(c1c(Cl)cccc1Br)C(F)F. The number of benzene rings is 1. The van der Waals surface area contributed by atoms with Gasteiger partial charge in [-0.25, -0.2) is 8.78 Å². The van der Waals surface area contributed by atoms with Crippen molar-refractivity contribution >= 4 is 27.5 Å². The van der Waals surface area contributed by atoms with Crippen LogP contribution < -0.4 is 5.73 Å². The summed E-state index contributed by atoms with van der Waals surface area (Å²) in [6.45, 7) is -0.125. The van der Waals surface area contributed by atoms with Gasteiger partial charge in [-0.2, -0.15) is 0 Å². The van der Waals surface area contributed by atoms with Gasteiger partial charge in [-0.05, 0) is 17.7 Å². The van der Waals surface area contributed by atoms with Crippen LogP contribution in [0.3, 0.4) is 0 Å². The van der Waals surface area contributed by atoms with Crippen LogP contribution in [-0.4, -0.2) is 13.0 Å². The molecule has 1 rings (SSSR count). The Morgan fingerprint density at radius 2 is 2.07 bits per heavy atom. The summed E-state index contributed by atoms with van der Waals surface area (Å²) >= 11 is 9.01. The highest BCUT2D eigenvalue weighted by Crippen LogP contribution is 2.34. The summed E-state index contributed by atoms with van der Waals surface area (Å²) in [6.07, 6.45) is -2.50. The Morgan fingerprint density at radius 1 is 1.43 bits per heavy atom. The molecule has 0 bridgehead atoms. The average Bonchev–Trinajstić information content (AvgIpc) is 2.10. The van der Waals surface area contributed by atoms with E-state index in [1.807, 2.05) is 0 Å². The van der Waals surface area contributed by atoms with Crippen molar-refractivity contribution in [3.05, 3.63) is 33.3 Å². The molecule has 0 aliphatic rings. The van der Waals surface area contributed by atoms with Crippen LogP contribution in [0.15, 0.2) is 22.7 Å². The second-order valence-corrected chi connectivity index (χ2v) is 4.07. The molecule has 0 aromatic heterocycles. The molecular weight excluding hydrogens is 275 g/mol. The van der Waals surface area contributed by atoms with Crippen LogP contribution in [0.4, 0.5) is 8.78 Å². The first-order chi connectivity index (χ1) is 6.57. The molecule has 0 spiro atoms. The Kier molecular flexibility index (Phi) is 4.29. The summed E-state index contributed by atoms with van der Waals surface area (Å²) in [5.41, 5.74) is 5.67. The van der Waals surface area contributed by atoms with Crippen LogP contribution in [0.2, 0.25) is 5.02 Å². The highest BCUT2D eigenvalue weighted by atomic mass is 79.9. The molecule has 1 nitrogen and oxygen atoms in total. The van der Waals surface area contributed by atoms with E-state index in [0.29, 0.717) is 15.1 Å². The van der Waals surface area contributed by atoms with Gasteiger partial charge >= 0.3 is 0 Å². The zero-order valence-electron chi connectivity index (χ0n) is 7.18. The molecule has 1 atom stereocenters. The lowest BCUT2D eigenvalue weighted by Crippen LogP contribution is -2.20. The van der Waals surface area contributed by atoms with Gasteiger partial charge in [-0.15, -0.1) is 0 Å². The lowest BCUT2D eigenvalue weighted by Gasteiger charge is -2.17. The third kappa shape index (κ3) is 2.43. The molecule has 2 N–H and O–H groups in total. The van der Waals surface area contributed by atoms with Crippen molar-refractivity contribution in [2.75, 3.05) is 6.54 Å². The zero-order chi connectivity index (χ0) is 10.7. The fraction of sp³-hybridized carbons (Fsp3) is 0.333. The quantitative estimate of drug-likeness (QED) is 0.904. The van der Waals surface area contributed by atoms with E-state index in [2.05, 4.69) is 15.9 Å². The maximum Gasteiger partial charge on any atom is 0.246 e. The van der Waals surface area contributed by atoms with Crippen molar-refractivity contribution in [3.8, 4) is 0 Å². The zero-order valence-corrected chi connectivity index (χ0v) is 9.52. The Hall–Kier alpha value is -0.190. The summed E-state index contributed by atoms with van der Waals surface area (Å²) in [6, 6.07) is 4.94. The van der Waals surface area contributed by atoms with Crippen molar-refractivity contribution in [2.24, 2.45) is 5.73 Å². The second-order valence-electron chi connectivity index (χ2n) is 2.81. The van der Waals surface area contributed by atoms with Crippen LogP contribution in [0.5, 0.6) is 0 Å². The second kappa shape index (κ2) is 5.05. The van der Waals surface area contributed by atoms with E-state index in [4.69, 9.17) is 17.3 Å². The number of rotatable bonds is 3. The molecule has 0 saturated carbocycles. The highest BCUT2D eigenvalue weighted by Gasteiger charge is 2.24. The third-order valence-corrected chi connectivity index (χ3v) is 2.95. The Bertz CT molecular complexity index is 299. The molecule has 1 unspecified atom stereocenters. The molecule has 0 aliphatic carbocycles. The lowest BCUT2D eigenvalue weighted by molar-refractivity contribution is 0.117. The van der Waals surface area contributed by atoms with Gasteiger partial charge in [0.2, 0.25) is 6.43 Å². The van der Waals surface area contributed by atoms with Crippen LogP contribution >= 0.6 is 27.5 Å². The number of alkyl halides is 2.